The Hall–Kier alpha value is -0.880. The summed E-state index contributed by atoms with van der Waals surface area (Å²) >= 11 is 0. The van der Waals surface area contributed by atoms with E-state index in [0.29, 0.717) is 12.3 Å². The molecule has 0 amide bonds. The minimum Gasteiger partial charge on any atom is -0.462 e. The van der Waals surface area contributed by atoms with Gasteiger partial charge in [-0.05, 0) is 19.2 Å². The molecule has 0 saturated carbocycles. The Morgan fingerprint density at radius 3 is 2.56 bits per heavy atom. The molecule has 0 atom stereocenters. The number of likely N-dealkylation sites (N-methyl/N-ethyl adjacent to an activating group) is 1. The van der Waals surface area contributed by atoms with Gasteiger partial charge in [0.2, 0.25) is 0 Å². The lowest BCUT2D eigenvalue weighted by Gasteiger charge is -2.32. The van der Waals surface area contributed by atoms with Gasteiger partial charge in [-0.3, -0.25) is 0 Å². The largest absolute Gasteiger partial charge is 0.462 e. The first-order chi connectivity index (χ1) is 7.78. The summed E-state index contributed by atoms with van der Waals surface area (Å²) in [6.45, 7) is 4.90. The standard InChI is InChI=1S/C11H19N3O2/c1-13-4-6-14(7-5-13)12-8-10-2-3-11(9-15)16-10/h2-3,12,15H,4-9H2,1H3. The molecule has 1 aliphatic rings. The third-order valence-electron chi connectivity index (χ3n) is 2.85. The fourth-order valence-corrected chi connectivity index (χ4v) is 1.76. The van der Waals surface area contributed by atoms with E-state index >= 15 is 0 Å². The van der Waals surface area contributed by atoms with Crippen LogP contribution in [0.1, 0.15) is 11.5 Å². The van der Waals surface area contributed by atoms with Gasteiger partial charge in [0.25, 0.3) is 0 Å². The Labute approximate surface area is 95.6 Å². The minimum atomic E-state index is -0.0332. The van der Waals surface area contributed by atoms with Crippen molar-refractivity contribution in [1.29, 1.82) is 0 Å². The van der Waals surface area contributed by atoms with Crippen LogP contribution in [0, 0.1) is 0 Å². The second kappa shape index (κ2) is 5.45. The Kier molecular flexibility index (Phi) is 3.95. The normalized spacial score (nSPS) is 19.1. The molecule has 1 aromatic rings. The monoisotopic (exact) mass is 225 g/mol. The van der Waals surface area contributed by atoms with Crippen LogP contribution < -0.4 is 5.43 Å². The predicted molar refractivity (Wildman–Crippen MR) is 60.5 cm³/mol. The van der Waals surface area contributed by atoms with Crippen LogP contribution in [0.2, 0.25) is 0 Å². The molecule has 0 aliphatic carbocycles. The number of hydrazine groups is 1. The summed E-state index contributed by atoms with van der Waals surface area (Å²) in [6, 6.07) is 3.70. The second-order valence-corrected chi connectivity index (χ2v) is 4.15. The summed E-state index contributed by atoms with van der Waals surface area (Å²) in [7, 11) is 2.14. The zero-order valence-electron chi connectivity index (χ0n) is 9.65. The first-order valence-electron chi connectivity index (χ1n) is 5.63. The number of nitrogens with one attached hydrogen (secondary N) is 1. The van der Waals surface area contributed by atoms with E-state index in [1.807, 2.05) is 6.07 Å². The number of aliphatic hydroxyl groups is 1. The molecule has 1 aromatic heterocycles. The van der Waals surface area contributed by atoms with Crippen LogP contribution in [0.4, 0.5) is 0 Å². The smallest absolute Gasteiger partial charge is 0.129 e. The Morgan fingerprint density at radius 2 is 1.94 bits per heavy atom. The maximum absolute atomic E-state index is 8.87. The third-order valence-corrected chi connectivity index (χ3v) is 2.85. The van der Waals surface area contributed by atoms with Gasteiger partial charge in [-0.15, -0.1) is 0 Å². The van der Waals surface area contributed by atoms with Gasteiger partial charge in [-0.25, -0.2) is 10.4 Å². The quantitative estimate of drug-likeness (QED) is 0.757. The van der Waals surface area contributed by atoms with E-state index in [1.54, 1.807) is 6.07 Å². The summed E-state index contributed by atoms with van der Waals surface area (Å²) in [5.74, 6) is 1.48. The molecule has 2 N–H and O–H groups in total. The van der Waals surface area contributed by atoms with Crippen LogP contribution in [0.3, 0.4) is 0 Å². The number of aliphatic hydroxyl groups excluding tert-OH is 1. The van der Waals surface area contributed by atoms with Gasteiger partial charge < -0.3 is 14.4 Å². The number of nitrogens with zero attached hydrogens (tertiary/aromatic N) is 2. The Morgan fingerprint density at radius 1 is 1.25 bits per heavy atom. The van der Waals surface area contributed by atoms with Crippen LogP contribution in [-0.4, -0.2) is 48.2 Å². The van der Waals surface area contributed by atoms with E-state index in [9.17, 15) is 0 Å². The average molecular weight is 225 g/mol. The lowest BCUT2D eigenvalue weighted by molar-refractivity contribution is 0.0985. The maximum Gasteiger partial charge on any atom is 0.129 e. The molecule has 2 rings (SSSR count). The molecular formula is C11H19N3O2. The number of piperazine rings is 1. The van der Waals surface area contributed by atoms with Gasteiger partial charge in [0, 0.05) is 26.2 Å². The molecule has 5 heteroatoms. The highest BCUT2D eigenvalue weighted by molar-refractivity contribution is 5.05. The van der Waals surface area contributed by atoms with Gasteiger partial charge in [0.05, 0.1) is 6.54 Å². The van der Waals surface area contributed by atoms with Crippen LogP contribution in [0.5, 0.6) is 0 Å². The summed E-state index contributed by atoms with van der Waals surface area (Å²) in [5, 5.41) is 11.1. The molecule has 0 radical (unpaired) electrons. The summed E-state index contributed by atoms with van der Waals surface area (Å²) in [6.07, 6.45) is 0. The SMILES string of the molecule is CN1CCN(NCc2ccc(CO)o2)CC1. The molecule has 90 valence electrons. The van der Waals surface area contributed by atoms with Gasteiger partial charge in [0.15, 0.2) is 0 Å². The van der Waals surface area contributed by atoms with Crippen LogP contribution in [0.25, 0.3) is 0 Å². The molecule has 5 nitrogen and oxygen atoms in total. The molecule has 0 bridgehead atoms. The Bertz CT molecular complexity index is 319. The van der Waals surface area contributed by atoms with Crippen molar-refractivity contribution >= 4 is 0 Å². The fourth-order valence-electron chi connectivity index (χ4n) is 1.76. The van der Waals surface area contributed by atoms with Gasteiger partial charge >= 0.3 is 0 Å². The fraction of sp³-hybridized carbons (Fsp3) is 0.636. The first kappa shape index (κ1) is 11.6. The molecule has 16 heavy (non-hydrogen) atoms. The maximum atomic E-state index is 8.87. The minimum absolute atomic E-state index is 0.0332. The second-order valence-electron chi connectivity index (χ2n) is 4.15. The topological polar surface area (TPSA) is 51.9 Å². The molecule has 1 aliphatic heterocycles. The average Bonchev–Trinajstić information content (AvgIpc) is 2.76. The van der Waals surface area contributed by atoms with Gasteiger partial charge in [0.1, 0.15) is 18.1 Å². The molecule has 0 aromatic carbocycles. The molecular weight excluding hydrogens is 206 g/mol. The lowest BCUT2D eigenvalue weighted by Crippen LogP contribution is -2.50. The van der Waals surface area contributed by atoms with Crippen molar-refractivity contribution < 1.29 is 9.52 Å². The molecule has 0 spiro atoms. The van der Waals surface area contributed by atoms with Crippen molar-refractivity contribution in [3.8, 4) is 0 Å². The van der Waals surface area contributed by atoms with Crippen LogP contribution in [0.15, 0.2) is 16.5 Å². The number of rotatable bonds is 4. The van der Waals surface area contributed by atoms with Crippen molar-refractivity contribution in [3.63, 3.8) is 0 Å². The summed E-state index contributed by atoms with van der Waals surface area (Å²) in [4.78, 5) is 2.31. The highest BCUT2D eigenvalue weighted by Crippen LogP contribution is 2.07. The van der Waals surface area contributed by atoms with Crippen molar-refractivity contribution in [2.75, 3.05) is 33.2 Å². The van der Waals surface area contributed by atoms with Gasteiger partial charge in [-0.2, -0.15) is 0 Å². The Balaban J connectivity index is 1.74. The van der Waals surface area contributed by atoms with E-state index in [4.69, 9.17) is 9.52 Å². The highest BCUT2D eigenvalue weighted by atomic mass is 16.4. The van der Waals surface area contributed by atoms with E-state index in [-0.39, 0.29) is 6.61 Å². The first-order valence-corrected chi connectivity index (χ1v) is 5.63. The zero-order valence-corrected chi connectivity index (χ0v) is 9.65. The number of furan rings is 1. The zero-order chi connectivity index (χ0) is 11.4. The van der Waals surface area contributed by atoms with Crippen molar-refractivity contribution in [2.24, 2.45) is 0 Å². The van der Waals surface area contributed by atoms with E-state index in [2.05, 4.69) is 22.4 Å². The van der Waals surface area contributed by atoms with Crippen molar-refractivity contribution in [1.82, 2.24) is 15.3 Å². The van der Waals surface area contributed by atoms with Crippen LogP contribution in [-0.2, 0) is 13.2 Å². The summed E-state index contributed by atoms with van der Waals surface area (Å²) in [5.41, 5.74) is 3.33. The predicted octanol–water partition coefficient (Wildman–Crippen LogP) is 0.0239. The van der Waals surface area contributed by atoms with Crippen molar-refractivity contribution in [2.45, 2.75) is 13.2 Å². The van der Waals surface area contributed by atoms with Crippen LogP contribution >= 0.6 is 0 Å². The van der Waals surface area contributed by atoms with E-state index in [1.165, 1.54) is 0 Å². The molecule has 2 heterocycles. The molecule has 1 saturated heterocycles. The highest BCUT2D eigenvalue weighted by Gasteiger charge is 2.13. The molecule has 1 fully saturated rings. The van der Waals surface area contributed by atoms with E-state index < -0.39 is 0 Å². The molecule has 0 unspecified atom stereocenters. The lowest BCUT2D eigenvalue weighted by atomic mass is 10.4. The third kappa shape index (κ3) is 3.05. The van der Waals surface area contributed by atoms with Gasteiger partial charge in [-0.1, -0.05) is 0 Å². The van der Waals surface area contributed by atoms with E-state index in [0.717, 1.165) is 31.9 Å². The summed E-state index contributed by atoms with van der Waals surface area (Å²) < 4.78 is 5.40. The van der Waals surface area contributed by atoms with Crippen molar-refractivity contribution in [3.05, 3.63) is 23.7 Å². The number of hydrogen-bond donors (Lipinski definition) is 2. The number of hydrogen-bond acceptors (Lipinski definition) is 5.